The van der Waals surface area contributed by atoms with E-state index in [1.807, 2.05) is 0 Å². The lowest BCUT2D eigenvalue weighted by Crippen LogP contribution is -2.20. The summed E-state index contributed by atoms with van der Waals surface area (Å²) in [6.07, 6.45) is 1.51. The van der Waals surface area contributed by atoms with Crippen LogP contribution < -0.4 is 4.90 Å². The van der Waals surface area contributed by atoms with Crippen LogP contribution in [0.3, 0.4) is 0 Å². The van der Waals surface area contributed by atoms with Gasteiger partial charge in [0.25, 0.3) is 0 Å². The number of likely N-dealkylation sites (N-methyl/N-ethyl adjacent to an activating group) is 1. The lowest BCUT2D eigenvalue weighted by molar-refractivity contribution is -0.107. The molecule has 1 aromatic carbocycles. The first-order chi connectivity index (χ1) is 7.26. The Labute approximate surface area is 90.9 Å². The van der Waals surface area contributed by atoms with Gasteiger partial charge >= 0.3 is 0 Å². The minimum absolute atomic E-state index is 0.534. The first-order valence-corrected chi connectivity index (χ1v) is 5.57. The van der Waals surface area contributed by atoms with E-state index in [9.17, 15) is 4.79 Å². The molecule has 1 aliphatic heterocycles. The third kappa shape index (κ3) is 1.76. The van der Waals surface area contributed by atoms with Gasteiger partial charge in [0.1, 0.15) is 6.29 Å². The average molecular weight is 203 g/mol. The van der Waals surface area contributed by atoms with Gasteiger partial charge in [0, 0.05) is 31.1 Å². The Kier molecular flexibility index (Phi) is 2.76. The molecule has 0 saturated carbocycles. The van der Waals surface area contributed by atoms with E-state index < -0.39 is 0 Å². The molecular weight excluding hydrogens is 186 g/mol. The highest BCUT2D eigenvalue weighted by Gasteiger charge is 2.24. The minimum Gasteiger partial charge on any atom is -0.371 e. The minimum atomic E-state index is 0.534. The molecule has 1 atom stereocenters. The van der Waals surface area contributed by atoms with Crippen LogP contribution >= 0.6 is 0 Å². The number of anilines is 1. The van der Waals surface area contributed by atoms with Gasteiger partial charge in [0.15, 0.2) is 0 Å². The van der Waals surface area contributed by atoms with Crippen LogP contribution in [0.4, 0.5) is 5.69 Å². The zero-order valence-electron chi connectivity index (χ0n) is 9.36. The van der Waals surface area contributed by atoms with Crippen molar-refractivity contribution in [2.75, 3.05) is 18.0 Å². The molecule has 1 heterocycles. The highest BCUT2D eigenvalue weighted by molar-refractivity contribution is 5.63. The Morgan fingerprint density at radius 1 is 1.53 bits per heavy atom. The van der Waals surface area contributed by atoms with Crippen molar-refractivity contribution in [1.29, 1.82) is 0 Å². The van der Waals surface area contributed by atoms with Gasteiger partial charge in [0.2, 0.25) is 0 Å². The summed E-state index contributed by atoms with van der Waals surface area (Å²) in [6, 6.07) is 6.40. The molecule has 15 heavy (non-hydrogen) atoms. The van der Waals surface area contributed by atoms with Gasteiger partial charge in [-0.05, 0) is 24.1 Å². The van der Waals surface area contributed by atoms with E-state index in [2.05, 4.69) is 36.9 Å². The maximum atomic E-state index is 10.5. The molecule has 1 aliphatic rings. The number of fused-ring (bicyclic) bond motifs is 1. The van der Waals surface area contributed by atoms with E-state index >= 15 is 0 Å². The Balaban J connectivity index is 2.36. The molecule has 1 unspecified atom stereocenters. The normalized spacial score (nSPS) is 19.1. The second-order valence-electron chi connectivity index (χ2n) is 4.20. The summed E-state index contributed by atoms with van der Waals surface area (Å²) in [5.41, 5.74) is 3.88. The number of rotatable bonds is 3. The lowest BCUT2D eigenvalue weighted by atomic mass is 10.00. The van der Waals surface area contributed by atoms with Crippen LogP contribution in [-0.2, 0) is 11.2 Å². The third-order valence-electron chi connectivity index (χ3n) is 3.16. The van der Waals surface area contributed by atoms with E-state index in [1.54, 1.807) is 0 Å². The number of carbonyl (C=O) groups is 1. The van der Waals surface area contributed by atoms with E-state index in [4.69, 9.17) is 0 Å². The van der Waals surface area contributed by atoms with Gasteiger partial charge in [0.05, 0.1) is 0 Å². The molecule has 80 valence electrons. The number of hydrogen-bond acceptors (Lipinski definition) is 2. The molecule has 2 heteroatoms. The number of benzene rings is 1. The van der Waals surface area contributed by atoms with Crippen molar-refractivity contribution in [2.24, 2.45) is 0 Å². The van der Waals surface area contributed by atoms with Crippen molar-refractivity contribution in [3.63, 3.8) is 0 Å². The maximum absolute atomic E-state index is 10.5. The summed E-state index contributed by atoms with van der Waals surface area (Å²) >= 11 is 0. The van der Waals surface area contributed by atoms with Crippen molar-refractivity contribution in [3.05, 3.63) is 29.3 Å². The molecule has 1 aromatic rings. The topological polar surface area (TPSA) is 20.3 Å². The van der Waals surface area contributed by atoms with Crippen molar-refractivity contribution < 1.29 is 4.79 Å². The summed E-state index contributed by atoms with van der Waals surface area (Å²) in [4.78, 5) is 12.9. The summed E-state index contributed by atoms with van der Waals surface area (Å²) in [7, 11) is 0. The fraction of sp³-hybridized carbons (Fsp3) is 0.462. The van der Waals surface area contributed by atoms with Crippen molar-refractivity contribution in [3.8, 4) is 0 Å². The summed E-state index contributed by atoms with van der Waals surface area (Å²) in [5, 5.41) is 0. The predicted molar refractivity (Wildman–Crippen MR) is 62.5 cm³/mol. The molecule has 0 radical (unpaired) electrons. The SMILES string of the molecule is CCN1CC(C)c2cc(CC=O)ccc21. The smallest absolute Gasteiger partial charge is 0.124 e. The van der Waals surface area contributed by atoms with Gasteiger partial charge in [-0.3, -0.25) is 0 Å². The van der Waals surface area contributed by atoms with E-state index in [0.717, 1.165) is 24.9 Å². The molecule has 0 spiro atoms. The Morgan fingerprint density at radius 3 is 3.00 bits per heavy atom. The molecular formula is C13H17NO. The number of carbonyl (C=O) groups excluding carboxylic acids is 1. The number of aldehydes is 1. The molecule has 0 fully saturated rings. The first-order valence-electron chi connectivity index (χ1n) is 5.57. The van der Waals surface area contributed by atoms with Gasteiger partial charge in [-0.25, -0.2) is 0 Å². The molecule has 0 bridgehead atoms. The van der Waals surface area contributed by atoms with Crippen LogP contribution in [0.5, 0.6) is 0 Å². The highest BCUT2D eigenvalue weighted by Crippen LogP contribution is 2.36. The summed E-state index contributed by atoms with van der Waals surface area (Å²) < 4.78 is 0. The zero-order valence-corrected chi connectivity index (χ0v) is 9.36. The molecule has 2 rings (SSSR count). The largest absolute Gasteiger partial charge is 0.371 e. The highest BCUT2D eigenvalue weighted by atomic mass is 16.1. The van der Waals surface area contributed by atoms with E-state index in [-0.39, 0.29) is 0 Å². The van der Waals surface area contributed by atoms with Gasteiger partial charge < -0.3 is 9.69 Å². The summed E-state index contributed by atoms with van der Waals surface area (Å²) in [5.74, 6) is 0.589. The van der Waals surface area contributed by atoms with Crippen LogP contribution in [-0.4, -0.2) is 19.4 Å². The first kappa shape index (κ1) is 10.2. The van der Waals surface area contributed by atoms with Crippen LogP contribution in [0.25, 0.3) is 0 Å². The molecule has 0 aromatic heterocycles. The molecule has 2 nitrogen and oxygen atoms in total. The van der Waals surface area contributed by atoms with Crippen molar-refractivity contribution >= 4 is 12.0 Å². The van der Waals surface area contributed by atoms with Crippen LogP contribution in [0.2, 0.25) is 0 Å². The Hall–Kier alpha value is -1.31. The second-order valence-corrected chi connectivity index (χ2v) is 4.20. The Morgan fingerprint density at radius 2 is 2.33 bits per heavy atom. The van der Waals surface area contributed by atoms with Crippen LogP contribution in [0.1, 0.15) is 30.9 Å². The average Bonchev–Trinajstić information content (AvgIpc) is 2.56. The quantitative estimate of drug-likeness (QED) is 0.703. The monoisotopic (exact) mass is 203 g/mol. The predicted octanol–water partition coefficient (Wildman–Crippen LogP) is 2.37. The molecule has 0 aliphatic carbocycles. The fourth-order valence-electron chi connectivity index (χ4n) is 2.34. The molecule has 0 amide bonds. The molecule has 0 saturated heterocycles. The van der Waals surface area contributed by atoms with E-state index in [1.165, 1.54) is 11.3 Å². The standard InChI is InChI=1S/C13H17NO/c1-3-14-9-10(2)12-8-11(6-7-15)4-5-13(12)14/h4-5,7-8,10H,3,6,9H2,1-2H3. The Bertz CT molecular complexity index is 373. The maximum Gasteiger partial charge on any atom is 0.124 e. The van der Waals surface area contributed by atoms with Gasteiger partial charge in [-0.15, -0.1) is 0 Å². The van der Waals surface area contributed by atoms with Crippen LogP contribution in [0.15, 0.2) is 18.2 Å². The third-order valence-corrected chi connectivity index (χ3v) is 3.16. The van der Waals surface area contributed by atoms with Gasteiger partial charge in [-0.2, -0.15) is 0 Å². The number of hydrogen-bond donors (Lipinski definition) is 0. The summed E-state index contributed by atoms with van der Waals surface area (Å²) in [6.45, 7) is 6.60. The zero-order chi connectivity index (χ0) is 10.8. The van der Waals surface area contributed by atoms with Crippen molar-refractivity contribution in [1.82, 2.24) is 0 Å². The van der Waals surface area contributed by atoms with Gasteiger partial charge in [-0.1, -0.05) is 19.1 Å². The number of nitrogens with zero attached hydrogens (tertiary/aromatic N) is 1. The molecule has 0 N–H and O–H groups in total. The van der Waals surface area contributed by atoms with Crippen LogP contribution in [0, 0.1) is 0 Å². The fourth-order valence-corrected chi connectivity index (χ4v) is 2.34. The second kappa shape index (κ2) is 4.05. The van der Waals surface area contributed by atoms with E-state index in [0.29, 0.717) is 12.3 Å². The lowest BCUT2D eigenvalue weighted by Gasteiger charge is -2.16. The van der Waals surface area contributed by atoms with Crippen molar-refractivity contribution in [2.45, 2.75) is 26.2 Å².